The lowest BCUT2D eigenvalue weighted by Gasteiger charge is -2.10. The second kappa shape index (κ2) is 6.69. The molecule has 0 spiro atoms. The number of hydrogen-bond acceptors (Lipinski definition) is 1. The van der Waals surface area contributed by atoms with Crippen molar-refractivity contribution in [2.45, 2.75) is 33.2 Å². The van der Waals surface area contributed by atoms with E-state index in [1.54, 1.807) is 0 Å². The van der Waals surface area contributed by atoms with Crippen molar-refractivity contribution >= 4 is 10.9 Å². The van der Waals surface area contributed by atoms with Crippen LogP contribution in [-0.4, -0.2) is 11.2 Å². The van der Waals surface area contributed by atoms with Crippen LogP contribution in [0.4, 0.5) is 0 Å². The number of rotatable bonds is 6. The average molecular weight is 293 g/mol. The Kier molecular flexibility index (Phi) is 4.47. The first-order chi connectivity index (χ1) is 10.8. The van der Waals surface area contributed by atoms with Crippen LogP contribution >= 0.6 is 0 Å². The van der Waals surface area contributed by atoms with E-state index in [2.05, 4.69) is 73.0 Å². The molecule has 3 rings (SSSR count). The molecule has 0 unspecified atom stereocenters. The summed E-state index contributed by atoms with van der Waals surface area (Å²) in [4.78, 5) is 0. The van der Waals surface area contributed by atoms with Crippen LogP contribution in [0.2, 0.25) is 0 Å². The second-order valence-corrected chi connectivity index (χ2v) is 5.75. The summed E-state index contributed by atoms with van der Waals surface area (Å²) in [5.74, 6) is 1.00. The SMILES string of the molecule is CCCCOc1cccc2c1cc(C)n2Cc1ccccc1. The van der Waals surface area contributed by atoms with Gasteiger partial charge in [-0.15, -0.1) is 0 Å². The number of benzene rings is 2. The van der Waals surface area contributed by atoms with E-state index in [-0.39, 0.29) is 0 Å². The first kappa shape index (κ1) is 14.7. The number of nitrogens with zero attached hydrogens (tertiary/aromatic N) is 1. The minimum Gasteiger partial charge on any atom is -0.493 e. The number of unbranched alkanes of at least 4 members (excludes halogenated alkanes) is 1. The van der Waals surface area contributed by atoms with Crippen LogP contribution in [0.25, 0.3) is 10.9 Å². The molecule has 0 saturated carbocycles. The van der Waals surface area contributed by atoms with Crippen LogP contribution in [0.15, 0.2) is 54.6 Å². The third kappa shape index (κ3) is 3.01. The average Bonchev–Trinajstić information content (AvgIpc) is 2.86. The van der Waals surface area contributed by atoms with E-state index in [4.69, 9.17) is 4.74 Å². The first-order valence-electron chi connectivity index (χ1n) is 8.05. The molecule has 0 aliphatic heterocycles. The largest absolute Gasteiger partial charge is 0.493 e. The van der Waals surface area contributed by atoms with Crippen LogP contribution in [0.5, 0.6) is 5.75 Å². The summed E-state index contributed by atoms with van der Waals surface area (Å²) in [5.41, 5.74) is 3.83. The Hall–Kier alpha value is -2.22. The summed E-state index contributed by atoms with van der Waals surface area (Å²) in [7, 11) is 0. The van der Waals surface area contributed by atoms with Crippen molar-refractivity contribution in [2.24, 2.45) is 0 Å². The van der Waals surface area contributed by atoms with Crippen LogP contribution in [0.1, 0.15) is 31.0 Å². The summed E-state index contributed by atoms with van der Waals surface area (Å²) in [5, 5.41) is 1.21. The fourth-order valence-corrected chi connectivity index (χ4v) is 2.82. The van der Waals surface area contributed by atoms with Gasteiger partial charge in [0.2, 0.25) is 0 Å². The molecule has 114 valence electrons. The van der Waals surface area contributed by atoms with E-state index >= 15 is 0 Å². The summed E-state index contributed by atoms with van der Waals surface area (Å²) >= 11 is 0. The fraction of sp³-hybridized carbons (Fsp3) is 0.300. The van der Waals surface area contributed by atoms with Crippen molar-refractivity contribution in [1.29, 1.82) is 0 Å². The third-order valence-electron chi connectivity index (χ3n) is 4.05. The number of ether oxygens (including phenoxy) is 1. The van der Waals surface area contributed by atoms with Gasteiger partial charge in [0.1, 0.15) is 5.75 Å². The normalized spacial score (nSPS) is 11.0. The molecule has 2 nitrogen and oxygen atoms in total. The predicted octanol–water partition coefficient (Wildman–Crippen LogP) is 5.18. The zero-order chi connectivity index (χ0) is 15.4. The highest BCUT2D eigenvalue weighted by atomic mass is 16.5. The third-order valence-corrected chi connectivity index (χ3v) is 4.05. The molecule has 0 N–H and O–H groups in total. The lowest BCUT2D eigenvalue weighted by Crippen LogP contribution is -2.01. The monoisotopic (exact) mass is 293 g/mol. The molecule has 1 aromatic heterocycles. The highest BCUT2D eigenvalue weighted by molar-refractivity contribution is 5.87. The zero-order valence-electron chi connectivity index (χ0n) is 13.4. The predicted molar refractivity (Wildman–Crippen MR) is 92.6 cm³/mol. The van der Waals surface area contributed by atoms with Gasteiger partial charge in [-0.25, -0.2) is 0 Å². The molecule has 0 saturated heterocycles. The molecular weight excluding hydrogens is 270 g/mol. The van der Waals surface area contributed by atoms with Crippen LogP contribution < -0.4 is 4.74 Å². The van der Waals surface area contributed by atoms with E-state index < -0.39 is 0 Å². The highest BCUT2D eigenvalue weighted by Gasteiger charge is 2.10. The van der Waals surface area contributed by atoms with Crippen molar-refractivity contribution < 1.29 is 4.74 Å². The quantitative estimate of drug-likeness (QED) is 0.571. The molecule has 2 heteroatoms. The van der Waals surface area contributed by atoms with Crippen LogP contribution in [0.3, 0.4) is 0 Å². The molecule has 2 aromatic carbocycles. The van der Waals surface area contributed by atoms with Crippen molar-refractivity contribution in [3.8, 4) is 5.75 Å². The maximum absolute atomic E-state index is 5.96. The van der Waals surface area contributed by atoms with E-state index in [1.807, 2.05) is 0 Å². The molecule has 3 aromatic rings. The molecule has 0 bridgehead atoms. The van der Waals surface area contributed by atoms with Gasteiger partial charge in [-0.05, 0) is 37.1 Å². The fourth-order valence-electron chi connectivity index (χ4n) is 2.82. The summed E-state index contributed by atoms with van der Waals surface area (Å²) in [6.45, 7) is 6.04. The lowest BCUT2D eigenvalue weighted by molar-refractivity contribution is 0.313. The number of aromatic nitrogens is 1. The molecule has 0 amide bonds. The first-order valence-corrected chi connectivity index (χ1v) is 8.05. The smallest absolute Gasteiger partial charge is 0.128 e. The lowest BCUT2D eigenvalue weighted by atomic mass is 10.2. The van der Waals surface area contributed by atoms with Crippen molar-refractivity contribution in [3.05, 3.63) is 65.9 Å². The number of aryl methyl sites for hydroxylation is 1. The summed E-state index contributed by atoms with van der Waals surface area (Å²) in [6.07, 6.45) is 2.25. The zero-order valence-corrected chi connectivity index (χ0v) is 13.4. The molecule has 1 heterocycles. The standard InChI is InChI=1S/C20H23NO/c1-3-4-13-22-20-12-8-11-19-18(20)14-16(2)21(19)15-17-9-6-5-7-10-17/h5-12,14H,3-4,13,15H2,1-2H3. The maximum Gasteiger partial charge on any atom is 0.128 e. The molecule has 0 aliphatic carbocycles. The Morgan fingerprint density at radius 3 is 2.59 bits per heavy atom. The molecule has 0 atom stereocenters. The Morgan fingerprint density at radius 1 is 1.00 bits per heavy atom. The topological polar surface area (TPSA) is 14.2 Å². The van der Waals surface area contributed by atoms with Gasteiger partial charge >= 0.3 is 0 Å². The van der Waals surface area contributed by atoms with Gasteiger partial charge < -0.3 is 9.30 Å². The number of fused-ring (bicyclic) bond motifs is 1. The molecular formula is C20H23NO. The molecule has 22 heavy (non-hydrogen) atoms. The Labute approximate surface area is 132 Å². The minimum absolute atomic E-state index is 0.790. The van der Waals surface area contributed by atoms with Crippen molar-refractivity contribution in [1.82, 2.24) is 4.57 Å². The van der Waals surface area contributed by atoms with Crippen LogP contribution in [0, 0.1) is 6.92 Å². The molecule has 0 fully saturated rings. The summed E-state index contributed by atoms with van der Waals surface area (Å²) < 4.78 is 8.32. The van der Waals surface area contributed by atoms with Gasteiger partial charge in [0.25, 0.3) is 0 Å². The van der Waals surface area contributed by atoms with Gasteiger partial charge in [-0.2, -0.15) is 0 Å². The molecule has 0 radical (unpaired) electrons. The van der Waals surface area contributed by atoms with E-state index in [0.29, 0.717) is 0 Å². The van der Waals surface area contributed by atoms with Gasteiger partial charge in [0, 0.05) is 17.6 Å². The van der Waals surface area contributed by atoms with E-state index in [0.717, 1.165) is 31.7 Å². The van der Waals surface area contributed by atoms with Crippen LogP contribution in [-0.2, 0) is 6.54 Å². The highest BCUT2D eigenvalue weighted by Crippen LogP contribution is 2.29. The second-order valence-electron chi connectivity index (χ2n) is 5.75. The summed E-state index contributed by atoms with van der Waals surface area (Å²) in [6, 6.07) is 19.2. The van der Waals surface area contributed by atoms with Gasteiger partial charge in [-0.1, -0.05) is 49.7 Å². The Morgan fingerprint density at radius 2 is 1.82 bits per heavy atom. The Balaban J connectivity index is 1.94. The Bertz CT molecular complexity index is 743. The minimum atomic E-state index is 0.790. The van der Waals surface area contributed by atoms with Gasteiger partial charge in [0.05, 0.1) is 12.1 Å². The maximum atomic E-state index is 5.96. The van der Waals surface area contributed by atoms with Crippen molar-refractivity contribution in [2.75, 3.05) is 6.61 Å². The van der Waals surface area contributed by atoms with E-state index in [1.165, 1.54) is 22.2 Å². The van der Waals surface area contributed by atoms with Gasteiger partial charge in [-0.3, -0.25) is 0 Å². The number of hydrogen-bond donors (Lipinski definition) is 0. The molecule has 0 aliphatic rings. The van der Waals surface area contributed by atoms with Crippen molar-refractivity contribution in [3.63, 3.8) is 0 Å². The van der Waals surface area contributed by atoms with E-state index in [9.17, 15) is 0 Å². The van der Waals surface area contributed by atoms with Gasteiger partial charge in [0.15, 0.2) is 0 Å².